The minimum atomic E-state index is -0.734. The minimum absolute atomic E-state index is 0.0102. The van der Waals surface area contributed by atoms with Gasteiger partial charge in [-0.2, -0.15) is 5.26 Å². The maximum atomic E-state index is 15.1. The van der Waals surface area contributed by atoms with Crippen LogP contribution < -0.4 is 21.2 Å². The summed E-state index contributed by atoms with van der Waals surface area (Å²) in [5, 5.41) is 12.3. The molecule has 1 aromatic carbocycles. The van der Waals surface area contributed by atoms with Crippen LogP contribution in [0.1, 0.15) is 30.5 Å². The maximum absolute atomic E-state index is 15.1. The standard InChI is InChI=1S/C21H20FN5O2/c1-12-11-29-21-18(26-7-3-5-13-4-2-6-25-9-13)16(22)17(24)15-19(21)27(12)10-14(8-23)20(15)28/h2,4,6,9-10,12,26H,3,5,7,11,24H2,1H3/t12-/m0/s1. The SMILES string of the molecule is C[C@H]1COc2c(NCCCc3cccnc3)c(F)c(N)c3c(=O)c(C#N)cn1c23. The van der Waals surface area contributed by atoms with Gasteiger partial charge < -0.3 is 20.4 Å². The lowest BCUT2D eigenvalue weighted by Gasteiger charge is -2.29. The fraction of sp³-hybridized carbons (Fsp3) is 0.286. The van der Waals surface area contributed by atoms with Gasteiger partial charge in [-0.25, -0.2) is 4.39 Å². The van der Waals surface area contributed by atoms with E-state index in [4.69, 9.17) is 10.5 Å². The number of nitriles is 1. The maximum Gasteiger partial charge on any atom is 0.209 e. The van der Waals surface area contributed by atoms with E-state index in [1.165, 1.54) is 6.20 Å². The number of halogens is 1. The van der Waals surface area contributed by atoms with Crippen molar-refractivity contribution < 1.29 is 9.13 Å². The number of hydrogen-bond donors (Lipinski definition) is 2. The fourth-order valence-corrected chi connectivity index (χ4v) is 3.64. The number of hydrogen-bond acceptors (Lipinski definition) is 6. The van der Waals surface area contributed by atoms with Gasteiger partial charge in [0.15, 0.2) is 11.6 Å². The Kier molecular flexibility index (Phi) is 4.80. The van der Waals surface area contributed by atoms with E-state index in [0.29, 0.717) is 18.7 Å². The summed E-state index contributed by atoms with van der Waals surface area (Å²) in [6.45, 7) is 2.68. The molecule has 8 heteroatoms. The van der Waals surface area contributed by atoms with Crippen molar-refractivity contribution in [3.63, 3.8) is 0 Å². The molecule has 3 N–H and O–H groups in total. The second-order valence-electron chi connectivity index (χ2n) is 7.10. The smallest absolute Gasteiger partial charge is 0.209 e. The van der Waals surface area contributed by atoms with E-state index in [-0.39, 0.29) is 34.1 Å². The topological polar surface area (TPSA) is 106 Å². The number of nitrogen functional groups attached to an aromatic ring is 1. The summed E-state index contributed by atoms with van der Waals surface area (Å²) in [6.07, 6.45) is 6.54. The lowest BCUT2D eigenvalue weighted by molar-refractivity contribution is 0.247. The fourth-order valence-electron chi connectivity index (χ4n) is 3.64. The average Bonchev–Trinajstić information content (AvgIpc) is 2.73. The van der Waals surface area contributed by atoms with Crippen molar-refractivity contribution in [2.45, 2.75) is 25.8 Å². The van der Waals surface area contributed by atoms with E-state index >= 15 is 4.39 Å². The normalized spacial score (nSPS) is 15.0. The molecule has 4 rings (SSSR count). The number of anilines is 2. The van der Waals surface area contributed by atoms with Gasteiger partial charge >= 0.3 is 0 Å². The summed E-state index contributed by atoms with van der Waals surface area (Å²) in [7, 11) is 0. The summed E-state index contributed by atoms with van der Waals surface area (Å²) < 4.78 is 22.7. The van der Waals surface area contributed by atoms with E-state index in [1.54, 1.807) is 17.0 Å². The lowest BCUT2D eigenvalue weighted by Crippen LogP contribution is -2.26. The summed E-state index contributed by atoms with van der Waals surface area (Å²) in [6, 6.07) is 5.61. The highest BCUT2D eigenvalue weighted by Crippen LogP contribution is 2.43. The van der Waals surface area contributed by atoms with Gasteiger partial charge in [-0.1, -0.05) is 6.07 Å². The van der Waals surface area contributed by atoms with Crippen molar-refractivity contribution >= 4 is 22.3 Å². The number of benzene rings is 1. The third kappa shape index (κ3) is 3.14. The lowest BCUT2D eigenvalue weighted by atomic mass is 10.0. The van der Waals surface area contributed by atoms with Crippen molar-refractivity contribution in [2.75, 3.05) is 24.2 Å². The van der Waals surface area contributed by atoms with Crippen molar-refractivity contribution in [1.82, 2.24) is 9.55 Å². The molecule has 0 radical (unpaired) electrons. The van der Waals surface area contributed by atoms with Crippen LogP contribution in [0.3, 0.4) is 0 Å². The molecule has 3 heterocycles. The molecular weight excluding hydrogens is 373 g/mol. The molecule has 0 unspecified atom stereocenters. The third-order valence-corrected chi connectivity index (χ3v) is 5.13. The van der Waals surface area contributed by atoms with Crippen LogP contribution in [0, 0.1) is 17.1 Å². The Hall–Kier alpha value is -3.60. The molecule has 1 atom stereocenters. The van der Waals surface area contributed by atoms with Crippen LogP contribution in [0.5, 0.6) is 5.75 Å². The first-order chi connectivity index (χ1) is 14.0. The van der Waals surface area contributed by atoms with E-state index in [2.05, 4.69) is 10.3 Å². The molecule has 1 aliphatic rings. The van der Waals surface area contributed by atoms with Crippen molar-refractivity contribution in [1.29, 1.82) is 5.26 Å². The summed E-state index contributed by atoms with van der Waals surface area (Å²) >= 11 is 0. The molecule has 2 aromatic heterocycles. The Morgan fingerprint density at radius 3 is 3.07 bits per heavy atom. The Bertz CT molecular complexity index is 1180. The quantitative estimate of drug-likeness (QED) is 0.510. The molecule has 1 aliphatic heterocycles. The highest BCUT2D eigenvalue weighted by Gasteiger charge is 2.29. The van der Waals surface area contributed by atoms with Gasteiger partial charge in [-0.05, 0) is 31.4 Å². The molecule has 0 saturated heterocycles. The summed E-state index contributed by atoms with van der Waals surface area (Å²) in [4.78, 5) is 16.7. The molecular formula is C21H20FN5O2. The van der Waals surface area contributed by atoms with E-state index in [0.717, 1.165) is 18.4 Å². The van der Waals surface area contributed by atoms with Crippen molar-refractivity contribution in [3.05, 3.63) is 57.9 Å². The number of aromatic nitrogens is 2. The number of pyridine rings is 2. The van der Waals surface area contributed by atoms with Gasteiger partial charge in [0.1, 0.15) is 23.9 Å². The predicted octanol–water partition coefficient (Wildman–Crippen LogP) is 2.99. The van der Waals surface area contributed by atoms with E-state index in [1.807, 2.05) is 25.1 Å². The van der Waals surface area contributed by atoms with Gasteiger partial charge in [0.25, 0.3) is 0 Å². The zero-order chi connectivity index (χ0) is 20.5. The second-order valence-corrected chi connectivity index (χ2v) is 7.10. The van der Waals surface area contributed by atoms with Gasteiger partial charge in [0.05, 0.1) is 22.6 Å². The van der Waals surface area contributed by atoms with Crippen LogP contribution in [0.2, 0.25) is 0 Å². The van der Waals surface area contributed by atoms with Crippen LogP contribution in [0.4, 0.5) is 15.8 Å². The van der Waals surface area contributed by atoms with Gasteiger partial charge in [-0.3, -0.25) is 9.78 Å². The molecule has 0 amide bonds. The minimum Gasteiger partial charge on any atom is -0.487 e. The van der Waals surface area contributed by atoms with Crippen LogP contribution in [-0.4, -0.2) is 22.7 Å². The molecule has 7 nitrogen and oxygen atoms in total. The van der Waals surface area contributed by atoms with Gasteiger partial charge in [0.2, 0.25) is 5.43 Å². The first-order valence-corrected chi connectivity index (χ1v) is 9.38. The summed E-state index contributed by atoms with van der Waals surface area (Å²) in [5.41, 5.74) is 6.73. The molecule has 0 aliphatic carbocycles. The zero-order valence-corrected chi connectivity index (χ0v) is 15.9. The molecule has 3 aromatic rings. The van der Waals surface area contributed by atoms with Crippen LogP contribution in [0.25, 0.3) is 10.9 Å². The monoisotopic (exact) mass is 393 g/mol. The second kappa shape index (κ2) is 7.43. The molecule has 29 heavy (non-hydrogen) atoms. The van der Waals surface area contributed by atoms with Gasteiger partial charge in [0, 0.05) is 25.1 Å². The number of nitrogens with one attached hydrogen (secondary N) is 1. The van der Waals surface area contributed by atoms with E-state index in [9.17, 15) is 10.1 Å². The Labute approximate surface area is 166 Å². The molecule has 0 spiro atoms. The highest BCUT2D eigenvalue weighted by molar-refractivity contribution is 6.00. The van der Waals surface area contributed by atoms with Gasteiger partial charge in [-0.15, -0.1) is 0 Å². The number of nitrogens with zero attached hydrogens (tertiary/aromatic N) is 3. The number of ether oxygens (including phenoxy) is 1. The number of nitrogens with two attached hydrogens (primary N) is 1. The van der Waals surface area contributed by atoms with Crippen molar-refractivity contribution in [3.8, 4) is 11.8 Å². The summed E-state index contributed by atoms with van der Waals surface area (Å²) in [5.74, 6) is -0.477. The molecule has 148 valence electrons. The third-order valence-electron chi connectivity index (χ3n) is 5.13. The zero-order valence-electron chi connectivity index (χ0n) is 15.9. The molecule has 0 fully saturated rings. The van der Waals surface area contributed by atoms with Crippen LogP contribution in [-0.2, 0) is 6.42 Å². The molecule has 0 saturated carbocycles. The van der Waals surface area contributed by atoms with Crippen LogP contribution >= 0.6 is 0 Å². The Morgan fingerprint density at radius 1 is 1.52 bits per heavy atom. The van der Waals surface area contributed by atoms with Crippen LogP contribution in [0.15, 0.2) is 35.5 Å². The van der Waals surface area contributed by atoms with Crippen molar-refractivity contribution in [2.24, 2.45) is 0 Å². The Morgan fingerprint density at radius 2 is 2.34 bits per heavy atom. The largest absolute Gasteiger partial charge is 0.487 e. The average molecular weight is 393 g/mol. The predicted molar refractivity (Wildman–Crippen MR) is 109 cm³/mol. The highest BCUT2D eigenvalue weighted by atomic mass is 19.1. The number of aryl methyl sites for hydroxylation is 1. The van der Waals surface area contributed by atoms with E-state index < -0.39 is 11.2 Å². The first kappa shape index (κ1) is 18.7. The molecule has 0 bridgehead atoms. The first-order valence-electron chi connectivity index (χ1n) is 9.38. The Balaban J connectivity index is 1.73. The number of rotatable bonds is 5.